The van der Waals surface area contributed by atoms with Gasteiger partial charge in [-0.3, -0.25) is 9.59 Å². The number of hydrogen-bond acceptors (Lipinski definition) is 3. The third-order valence-electron chi connectivity index (χ3n) is 6.16. The monoisotopic (exact) mass is 442 g/mol. The third-order valence-corrected chi connectivity index (χ3v) is 7.41. The number of carbonyl (C=O) groups excluding carboxylic acids is 2. The Bertz CT molecular complexity index is 918. The summed E-state index contributed by atoms with van der Waals surface area (Å²) >= 11 is 7.84. The van der Waals surface area contributed by atoms with Gasteiger partial charge in [0.05, 0.1) is 6.04 Å². The van der Waals surface area contributed by atoms with Crippen LogP contribution in [0.4, 0.5) is 0 Å². The molecule has 4 nitrogen and oxygen atoms in total. The Balaban J connectivity index is 1.58. The van der Waals surface area contributed by atoms with Crippen molar-refractivity contribution in [2.75, 3.05) is 19.6 Å². The molecule has 1 atom stereocenters. The lowest BCUT2D eigenvalue weighted by Crippen LogP contribution is -2.47. The maximum atomic E-state index is 13.5. The summed E-state index contributed by atoms with van der Waals surface area (Å²) in [6, 6.07) is 9.69. The van der Waals surface area contributed by atoms with Crippen LogP contribution in [0.5, 0.6) is 0 Å². The number of rotatable bonds is 6. The highest BCUT2D eigenvalue weighted by Gasteiger charge is 2.35. The van der Waals surface area contributed by atoms with Gasteiger partial charge in [0.25, 0.3) is 0 Å². The number of fused-ring (bicyclic) bond motifs is 1. The molecule has 0 bridgehead atoms. The molecule has 1 unspecified atom stereocenters. The molecule has 1 aromatic heterocycles. The predicted octanol–water partition coefficient (Wildman–Crippen LogP) is 5.08. The number of carbonyl (C=O) groups is 2. The second-order valence-electron chi connectivity index (χ2n) is 8.08. The van der Waals surface area contributed by atoms with E-state index in [0.717, 1.165) is 37.7 Å². The van der Waals surface area contributed by atoms with Crippen molar-refractivity contribution < 1.29 is 9.59 Å². The molecule has 0 saturated heterocycles. The zero-order valence-electron chi connectivity index (χ0n) is 17.1. The number of benzene rings is 1. The van der Waals surface area contributed by atoms with E-state index in [4.69, 9.17) is 11.6 Å². The lowest BCUT2D eigenvalue weighted by atomic mass is 9.93. The third kappa shape index (κ3) is 4.33. The van der Waals surface area contributed by atoms with Crippen LogP contribution >= 0.6 is 22.9 Å². The van der Waals surface area contributed by atoms with E-state index in [1.165, 1.54) is 10.4 Å². The minimum absolute atomic E-state index is 0.0139. The van der Waals surface area contributed by atoms with Gasteiger partial charge in [0.2, 0.25) is 11.8 Å². The Hall–Kier alpha value is -2.11. The summed E-state index contributed by atoms with van der Waals surface area (Å²) in [6.07, 6.45) is 6.60. The van der Waals surface area contributed by atoms with Crippen LogP contribution in [-0.4, -0.2) is 41.2 Å². The smallest absolute Gasteiger partial charge is 0.243 e. The molecule has 30 heavy (non-hydrogen) atoms. The molecule has 2 amide bonds. The van der Waals surface area contributed by atoms with Gasteiger partial charge < -0.3 is 9.80 Å². The van der Waals surface area contributed by atoms with Gasteiger partial charge in [-0.1, -0.05) is 42.7 Å². The van der Waals surface area contributed by atoms with E-state index in [9.17, 15) is 9.59 Å². The van der Waals surface area contributed by atoms with Crippen molar-refractivity contribution in [3.05, 3.63) is 69.4 Å². The fourth-order valence-corrected chi connectivity index (χ4v) is 5.69. The molecule has 2 aliphatic rings. The lowest BCUT2D eigenvalue weighted by molar-refractivity contribution is -0.143. The van der Waals surface area contributed by atoms with Crippen LogP contribution < -0.4 is 0 Å². The topological polar surface area (TPSA) is 40.6 Å². The molecule has 0 spiro atoms. The molecule has 1 aliphatic heterocycles. The minimum Gasteiger partial charge on any atom is -0.330 e. The second kappa shape index (κ2) is 9.36. The summed E-state index contributed by atoms with van der Waals surface area (Å²) in [5.41, 5.74) is 2.23. The van der Waals surface area contributed by atoms with Crippen LogP contribution in [-0.2, 0) is 16.0 Å². The highest BCUT2D eigenvalue weighted by molar-refractivity contribution is 7.10. The Morgan fingerprint density at radius 3 is 2.63 bits per heavy atom. The van der Waals surface area contributed by atoms with Gasteiger partial charge in [0.15, 0.2) is 0 Å². The average Bonchev–Trinajstić information content (AvgIpc) is 3.44. The molecule has 0 N–H and O–H groups in total. The molecule has 1 aromatic carbocycles. The van der Waals surface area contributed by atoms with Crippen molar-refractivity contribution in [1.29, 1.82) is 0 Å². The average molecular weight is 443 g/mol. The van der Waals surface area contributed by atoms with Crippen molar-refractivity contribution in [3.63, 3.8) is 0 Å². The number of amides is 2. The number of thiophene rings is 1. The normalized spacial score (nSPS) is 18.8. The van der Waals surface area contributed by atoms with Gasteiger partial charge in [-0.25, -0.2) is 0 Å². The molecular weight excluding hydrogens is 416 g/mol. The van der Waals surface area contributed by atoms with Gasteiger partial charge in [0, 0.05) is 28.9 Å². The Morgan fingerprint density at radius 2 is 1.93 bits per heavy atom. The second-order valence-corrected chi connectivity index (χ2v) is 9.52. The maximum Gasteiger partial charge on any atom is 0.243 e. The van der Waals surface area contributed by atoms with Crippen molar-refractivity contribution in [2.45, 2.75) is 38.1 Å². The number of halogens is 1. The molecule has 2 aromatic rings. The lowest BCUT2D eigenvalue weighted by Gasteiger charge is -2.37. The van der Waals surface area contributed by atoms with Gasteiger partial charge in [-0.2, -0.15) is 0 Å². The first-order valence-electron chi connectivity index (χ1n) is 10.6. The fraction of sp³-hybridized carbons (Fsp3) is 0.417. The molecular formula is C24H27ClN2O2S. The van der Waals surface area contributed by atoms with Crippen LogP contribution in [0.3, 0.4) is 0 Å². The Kier molecular flexibility index (Phi) is 6.59. The van der Waals surface area contributed by atoms with E-state index >= 15 is 0 Å². The quantitative estimate of drug-likeness (QED) is 0.585. The zero-order valence-corrected chi connectivity index (χ0v) is 18.6. The summed E-state index contributed by atoms with van der Waals surface area (Å²) in [5, 5.41) is 2.77. The van der Waals surface area contributed by atoms with E-state index in [2.05, 4.69) is 18.0 Å². The molecule has 4 rings (SSSR count). The van der Waals surface area contributed by atoms with Crippen LogP contribution in [0.15, 0.2) is 48.4 Å². The van der Waals surface area contributed by atoms with Crippen molar-refractivity contribution in [1.82, 2.24) is 9.80 Å². The first-order valence-corrected chi connectivity index (χ1v) is 11.8. The fourth-order valence-electron chi connectivity index (χ4n) is 4.66. The van der Waals surface area contributed by atoms with Crippen LogP contribution in [0.25, 0.3) is 0 Å². The van der Waals surface area contributed by atoms with E-state index in [-0.39, 0.29) is 30.3 Å². The van der Waals surface area contributed by atoms with Crippen molar-refractivity contribution in [3.8, 4) is 0 Å². The zero-order chi connectivity index (χ0) is 21.1. The summed E-state index contributed by atoms with van der Waals surface area (Å²) < 4.78 is 0. The van der Waals surface area contributed by atoms with Crippen LogP contribution in [0.2, 0.25) is 5.02 Å². The standard InChI is InChI=1S/C24H27ClN2O2S/c1-2-13-26(24(29)18-5-3-4-6-18)16-22(28)27-14-11-21-20(12-15-30-21)23(27)17-7-9-19(25)10-8-17/h2,7-10,12,15,18,23H,1,3-6,11,13-14,16H2. The Labute approximate surface area is 187 Å². The Morgan fingerprint density at radius 1 is 1.20 bits per heavy atom. The summed E-state index contributed by atoms with van der Waals surface area (Å²) in [5.74, 6) is 0.131. The highest BCUT2D eigenvalue weighted by atomic mass is 35.5. The summed E-state index contributed by atoms with van der Waals surface area (Å²) in [7, 11) is 0. The summed E-state index contributed by atoms with van der Waals surface area (Å²) in [4.78, 5) is 31.4. The number of hydrogen-bond donors (Lipinski definition) is 0. The van der Waals surface area contributed by atoms with E-state index in [1.807, 2.05) is 29.2 Å². The first-order chi connectivity index (χ1) is 14.6. The molecule has 1 fully saturated rings. The molecule has 0 radical (unpaired) electrons. The van der Waals surface area contributed by atoms with Gasteiger partial charge in [0.1, 0.15) is 6.54 Å². The van der Waals surface area contributed by atoms with E-state index in [0.29, 0.717) is 18.1 Å². The first kappa shape index (κ1) is 21.1. The summed E-state index contributed by atoms with van der Waals surface area (Å²) in [6.45, 7) is 4.95. The number of nitrogens with zero attached hydrogens (tertiary/aromatic N) is 2. The molecule has 2 heterocycles. The molecule has 1 aliphatic carbocycles. The van der Waals surface area contributed by atoms with Gasteiger partial charge in [-0.15, -0.1) is 17.9 Å². The molecule has 1 saturated carbocycles. The largest absolute Gasteiger partial charge is 0.330 e. The van der Waals surface area contributed by atoms with Crippen LogP contribution in [0.1, 0.15) is 47.7 Å². The van der Waals surface area contributed by atoms with E-state index < -0.39 is 0 Å². The van der Waals surface area contributed by atoms with E-state index in [1.54, 1.807) is 22.3 Å². The maximum absolute atomic E-state index is 13.5. The van der Waals surface area contributed by atoms with Gasteiger partial charge in [-0.05, 0) is 54.0 Å². The molecule has 6 heteroatoms. The van der Waals surface area contributed by atoms with Gasteiger partial charge >= 0.3 is 0 Å². The molecule has 158 valence electrons. The van der Waals surface area contributed by atoms with Crippen molar-refractivity contribution >= 4 is 34.8 Å². The predicted molar refractivity (Wildman–Crippen MR) is 122 cm³/mol. The highest BCUT2D eigenvalue weighted by Crippen LogP contribution is 2.38. The minimum atomic E-state index is -0.142. The van der Waals surface area contributed by atoms with Crippen molar-refractivity contribution in [2.24, 2.45) is 5.92 Å². The SMILES string of the molecule is C=CCN(CC(=O)N1CCc2sccc2C1c1ccc(Cl)cc1)C(=O)C1CCCC1. The van der Waals surface area contributed by atoms with Crippen LogP contribution in [0, 0.1) is 5.92 Å².